The Morgan fingerprint density at radius 1 is 1.28 bits per heavy atom. The lowest BCUT2D eigenvalue weighted by Gasteiger charge is -2.05. The number of nitriles is 1. The van der Waals surface area contributed by atoms with E-state index in [9.17, 15) is 13.5 Å². The van der Waals surface area contributed by atoms with Crippen molar-refractivity contribution in [2.45, 2.75) is 4.21 Å². The number of hydrogen-bond acceptors (Lipinski definition) is 5. The number of phenols is 1. The normalized spacial score (nSPS) is 10.8. The van der Waals surface area contributed by atoms with Crippen molar-refractivity contribution in [3.63, 3.8) is 0 Å². The van der Waals surface area contributed by atoms with Crippen LogP contribution in [0, 0.1) is 11.3 Å². The third-order valence-corrected chi connectivity index (χ3v) is 4.92. The fourth-order valence-electron chi connectivity index (χ4n) is 1.30. The van der Waals surface area contributed by atoms with Gasteiger partial charge in [-0.3, -0.25) is 4.72 Å². The minimum absolute atomic E-state index is 0.0286. The summed E-state index contributed by atoms with van der Waals surface area (Å²) in [6.07, 6.45) is 0. The molecule has 1 heterocycles. The van der Waals surface area contributed by atoms with Crippen molar-refractivity contribution in [2.75, 3.05) is 4.72 Å². The standard InChI is InChI=1S/C11H8N2O3S2/c12-7-10-4-5-11(17-10)18(15,16)13-8-2-1-3-9(14)6-8/h1-6,13-14H. The van der Waals surface area contributed by atoms with Crippen LogP contribution in [0.15, 0.2) is 40.6 Å². The maximum atomic E-state index is 12.0. The van der Waals surface area contributed by atoms with Crippen LogP contribution in [0.25, 0.3) is 0 Å². The first kappa shape index (κ1) is 12.4. The van der Waals surface area contributed by atoms with Crippen molar-refractivity contribution < 1.29 is 13.5 Å². The molecule has 2 aromatic rings. The first-order chi connectivity index (χ1) is 8.51. The molecule has 0 spiro atoms. The largest absolute Gasteiger partial charge is 0.508 e. The van der Waals surface area contributed by atoms with Crippen molar-refractivity contribution in [2.24, 2.45) is 0 Å². The van der Waals surface area contributed by atoms with E-state index in [1.807, 2.05) is 6.07 Å². The number of sulfonamides is 1. The molecule has 1 aromatic carbocycles. The second kappa shape index (κ2) is 4.68. The number of rotatable bonds is 3. The summed E-state index contributed by atoms with van der Waals surface area (Å²) in [6, 6.07) is 10.5. The number of phenolic OH excluding ortho intramolecular Hbond substituents is 1. The van der Waals surface area contributed by atoms with Gasteiger partial charge in [0.25, 0.3) is 10.0 Å². The summed E-state index contributed by atoms with van der Waals surface area (Å²) in [5, 5.41) is 17.9. The Morgan fingerprint density at radius 2 is 2.06 bits per heavy atom. The van der Waals surface area contributed by atoms with Gasteiger partial charge in [0.15, 0.2) is 0 Å². The van der Waals surface area contributed by atoms with Gasteiger partial charge >= 0.3 is 0 Å². The van der Waals surface area contributed by atoms with Gasteiger partial charge in [-0.05, 0) is 24.3 Å². The molecule has 1 aromatic heterocycles. The molecule has 0 saturated heterocycles. The van der Waals surface area contributed by atoms with E-state index in [0.717, 1.165) is 11.3 Å². The van der Waals surface area contributed by atoms with Gasteiger partial charge in [-0.25, -0.2) is 8.42 Å². The molecule has 0 aliphatic rings. The fourth-order valence-corrected chi connectivity index (χ4v) is 3.45. The lowest BCUT2D eigenvalue weighted by molar-refractivity contribution is 0.475. The monoisotopic (exact) mass is 280 g/mol. The van der Waals surface area contributed by atoms with E-state index in [2.05, 4.69) is 4.72 Å². The van der Waals surface area contributed by atoms with Gasteiger partial charge < -0.3 is 5.11 Å². The minimum Gasteiger partial charge on any atom is -0.508 e. The van der Waals surface area contributed by atoms with E-state index in [4.69, 9.17) is 5.26 Å². The number of aromatic hydroxyl groups is 1. The Hall–Kier alpha value is -2.04. The number of benzene rings is 1. The summed E-state index contributed by atoms with van der Waals surface area (Å²) >= 11 is 0.889. The highest BCUT2D eigenvalue weighted by atomic mass is 32.2. The second-order valence-corrected chi connectivity index (χ2v) is 6.38. The summed E-state index contributed by atoms with van der Waals surface area (Å²) in [7, 11) is -3.71. The molecule has 0 amide bonds. The predicted molar refractivity (Wildman–Crippen MR) is 67.9 cm³/mol. The van der Waals surface area contributed by atoms with E-state index in [-0.39, 0.29) is 15.6 Å². The zero-order chi connectivity index (χ0) is 13.2. The van der Waals surface area contributed by atoms with Crippen LogP contribution >= 0.6 is 11.3 Å². The van der Waals surface area contributed by atoms with E-state index in [1.165, 1.54) is 36.4 Å². The highest BCUT2D eigenvalue weighted by Gasteiger charge is 2.17. The van der Waals surface area contributed by atoms with E-state index in [0.29, 0.717) is 4.88 Å². The molecule has 2 N–H and O–H groups in total. The van der Waals surface area contributed by atoms with Gasteiger partial charge in [0.2, 0.25) is 0 Å². The number of thiophene rings is 1. The van der Waals surface area contributed by atoms with Crippen molar-refractivity contribution in [1.29, 1.82) is 5.26 Å². The van der Waals surface area contributed by atoms with E-state index < -0.39 is 10.0 Å². The molecule has 92 valence electrons. The molecule has 0 aliphatic heterocycles. The van der Waals surface area contributed by atoms with Crippen molar-refractivity contribution in [1.82, 2.24) is 0 Å². The predicted octanol–water partition coefficient (Wildman–Crippen LogP) is 2.13. The third-order valence-electron chi connectivity index (χ3n) is 2.05. The molecule has 0 saturated carbocycles. The Balaban J connectivity index is 2.30. The molecular formula is C11H8N2O3S2. The lowest BCUT2D eigenvalue weighted by atomic mass is 10.3. The van der Waals surface area contributed by atoms with Crippen LogP contribution < -0.4 is 4.72 Å². The van der Waals surface area contributed by atoms with Crippen molar-refractivity contribution in [3.8, 4) is 11.8 Å². The Morgan fingerprint density at radius 3 is 2.67 bits per heavy atom. The molecular weight excluding hydrogens is 272 g/mol. The Kier molecular flexibility index (Phi) is 3.23. The van der Waals surface area contributed by atoms with E-state index >= 15 is 0 Å². The average molecular weight is 280 g/mol. The van der Waals surface area contributed by atoms with Crippen LogP contribution in [0.4, 0.5) is 5.69 Å². The van der Waals surface area contributed by atoms with Gasteiger partial charge in [-0.2, -0.15) is 5.26 Å². The zero-order valence-electron chi connectivity index (χ0n) is 8.99. The second-order valence-electron chi connectivity index (χ2n) is 3.39. The summed E-state index contributed by atoms with van der Waals surface area (Å²) in [5.41, 5.74) is 0.266. The number of anilines is 1. The van der Waals surface area contributed by atoms with Gasteiger partial charge in [-0.15, -0.1) is 11.3 Å². The van der Waals surface area contributed by atoms with Crippen molar-refractivity contribution in [3.05, 3.63) is 41.3 Å². The topological polar surface area (TPSA) is 90.2 Å². The molecule has 7 heteroatoms. The Labute approximate surface area is 108 Å². The fraction of sp³-hybridized carbons (Fsp3) is 0. The summed E-state index contributed by atoms with van der Waals surface area (Å²) in [5.74, 6) is -0.0286. The number of nitrogens with zero attached hydrogens (tertiary/aromatic N) is 1. The summed E-state index contributed by atoms with van der Waals surface area (Å²) < 4.78 is 26.3. The maximum Gasteiger partial charge on any atom is 0.271 e. The van der Waals surface area contributed by atoms with E-state index in [1.54, 1.807) is 0 Å². The minimum atomic E-state index is -3.71. The molecule has 0 atom stereocenters. The highest BCUT2D eigenvalue weighted by Crippen LogP contribution is 2.24. The molecule has 2 rings (SSSR count). The molecule has 0 bridgehead atoms. The van der Waals surface area contributed by atoms with Crippen LogP contribution in [0.5, 0.6) is 5.75 Å². The van der Waals surface area contributed by atoms with Crippen LogP contribution in [0.3, 0.4) is 0 Å². The highest BCUT2D eigenvalue weighted by molar-refractivity contribution is 7.94. The summed E-state index contributed by atoms with van der Waals surface area (Å²) in [4.78, 5) is 0.325. The van der Waals surface area contributed by atoms with Gasteiger partial charge in [-0.1, -0.05) is 6.07 Å². The lowest BCUT2D eigenvalue weighted by Crippen LogP contribution is -2.11. The molecule has 18 heavy (non-hydrogen) atoms. The molecule has 0 aliphatic carbocycles. The third kappa shape index (κ3) is 2.61. The van der Waals surface area contributed by atoms with Crippen LogP contribution in [0.1, 0.15) is 4.88 Å². The first-order valence-corrected chi connectivity index (χ1v) is 7.13. The van der Waals surface area contributed by atoms with Gasteiger partial charge in [0.05, 0.1) is 5.69 Å². The van der Waals surface area contributed by atoms with Gasteiger partial charge in [0, 0.05) is 6.07 Å². The Bertz CT molecular complexity index is 714. The average Bonchev–Trinajstić information content (AvgIpc) is 2.77. The number of hydrogen-bond donors (Lipinski definition) is 2. The quantitative estimate of drug-likeness (QED) is 0.901. The molecule has 5 nitrogen and oxygen atoms in total. The maximum absolute atomic E-state index is 12.0. The SMILES string of the molecule is N#Cc1ccc(S(=O)(=O)Nc2cccc(O)c2)s1. The van der Waals surface area contributed by atoms with Crippen molar-refractivity contribution >= 4 is 27.0 Å². The molecule has 0 unspecified atom stereocenters. The smallest absolute Gasteiger partial charge is 0.271 e. The molecule has 0 fully saturated rings. The van der Waals surface area contributed by atoms with Crippen LogP contribution in [-0.4, -0.2) is 13.5 Å². The zero-order valence-corrected chi connectivity index (χ0v) is 10.6. The van der Waals surface area contributed by atoms with Gasteiger partial charge in [0.1, 0.15) is 20.9 Å². The molecule has 0 radical (unpaired) electrons. The van der Waals surface area contributed by atoms with Crippen LogP contribution in [-0.2, 0) is 10.0 Å². The number of nitrogens with one attached hydrogen (secondary N) is 1. The summed E-state index contributed by atoms with van der Waals surface area (Å²) in [6.45, 7) is 0. The van der Waals surface area contributed by atoms with Crippen LogP contribution in [0.2, 0.25) is 0 Å². The first-order valence-electron chi connectivity index (χ1n) is 4.83.